The number of allylic oxidation sites excluding steroid dienone is 1. The van der Waals surface area contributed by atoms with E-state index in [9.17, 15) is 34.1 Å². The van der Waals surface area contributed by atoms with E-state index in [0.29, 0.717) is 5.69 Å². The van der Waals surface area contributed by atoms with Gasteiger partial charge in [-0.15, -0.1) is 0 Å². The van der Waals surface area contributed by atoms with Crippen molar-refractivity contribution in [2.24, 2.45) is 7.05 Å². The number of aromatic nitrogens is 1. The standard InChI is InChI=1S/C30H38N4O7S/c1-4-12-34(13-5-2)23-9-8-19-14-21(7-6-20(19)15-23)25-11-10-22(33(25)3)16-24(17-31)42(39,40)32-27-29(37)28(36)26(18-35)41-30(27)38/h6-11,14-16,26-30,32,35-38H,4-5,12-13,18H2,1-3H3/b24-16+/t26-,27?,28-,29-,30?/m1/s1. The summed E-state index contributed by atoms with van der Waals surface area (Å²) >= 11 is 0. The molecule has 0 spiro atoms. The molecule has 226 valence electrons. The Morgan fingerprint density at radius 3 is 2.36 bits per heavy atom. The van der Waals surface area contributed by atoms with Gasteiger partial charge >= 0.3 is 0 Å². The van der Waals surface area contributed by atoms with Crippen LogP contribution in [0.25, 0.3) is 28.1 Å². The average molecular weight is 599 g/mol. The largest absolute Gasteiger partial charge is 0.394 e. The number of nitriles is 1. The molecule has 1 fully saturated rings. The van der Waals surface area contributed by atoms with E-state index in [1.807, 2.05) is 16.9 Å². The first-order chi connectivity index (χ1) is 20.0. The zero-order valence-corrected chi connectivity index (χ0v) is 24.7. The molecule has 3 aromatic rings. The number of nitrogens with zero attached hydrogens (tertiary/aromatic N) is 3. The quantitative estimate of drug-likeness (QED) is 0.208. The summed E-state index contributed by atoms with van der Waals surface area (Å²) in [5, 5.41) is 51.7. The molecule has 2 aromatic carbocycles. The number of aliphatic hydroxyl groups excluding tert-OH is 4. The maximum Gasteiger partial charge on any atom is 0.251 e. The number of aliphatic hydroxyl groups is 4. The van der Waals surface area contributed by atoms with E-state index in [1.54, 1.807) is 23.8 Å². The lowest BCUT2D eigenvalue weighted by Crippen LogP contribution is -2.64. The molecule has 4 rings (SSSR count). The highest BCUT2D eigenvalue weighted by Gasteiger charge is 2.45. The van der Waals surface area contributed by atoms with Gasteiger partial charge in [0.2, 0.25) is 0 Å². The number of anilines is 1. The lowest BCUT2D eigenvalue weighted by atomic mass is 9.98. The summed E-state index contributed by atoms with van der Waals surface area (Å²) in [6.45, 7) is 5.64. The number of nitrogens with one attached hydrogen (secondary N) is 1. The molecule has 0 radical (unpaired) electrons. The lowest BCUT2D eigenvalue weighted by molar-refractivity contribution is -0.251. The molecule has 2 heterocycles. The van der Waals surface area contributed by atoms with E-state index in [2.05, 4.69) is 49.1 Å². The van der Waals surface area contributed by atoms with Gasteiger partial charge in [0.25, 0.3) is 10.0 Å². The molecule has 0 bridgehead atoms. The molecule has 0 saturated carbocycles. The second-order valence-electron chi connectivity index (χ2n) is 10.4. The zero-order valence-electron chi connectivity index (χ0n) is 23.9. The fraction of sp³-hybridized carbons (Fsp3) is 0.433. The van der Waals surface area contributed by atoms with Crippen molar-refractivity contribution in [2.75, 3.05) is 24.6 Å². The van der Waals surface area contributed by atoms with Gasteiger partial charge in [0.15, 0.2) is 11.2 Å². The van der Waals surface area contributed by atoms with Crippen molar-refractivity contribution in [2.45, 2.75) is 57.3 Å². The maximum atomic E-state index is 13.1. The molecule has 0 aliphatic carbocycles. The van der Waals surface area contributed by atoms with Crippen LogP contribution in [-0.2, 0) is 21.8 Å². The Morgan fingerprint density at radius 1 is 1.05 bits per heavy atom. The van der Waals surface area contributed by atoms with Gasteiger partial charge in [-0.3, -0.25) is 0 Å². The number of fused-ring (bicyclic) bond motifs is 1. The number of sulfonamides is 1. The average Bonchev–Trinajstić information content (AvgIpc) is 3.34. The lowest BCUT2D eigenvalue weighted by Gasteiger charge is -2.40. The Bertz CT molecular complexity index is 1570. The summed E-state index contributed by atoms with van der Waals surface area (Å²) < 4.78 is 34.9. The Balaban J connectivity index is 1.59. The monoisotopic (exact) mass is 598 g/mol. The summed E-state index contributed by atoms with van der Waals surface area (Å²) in [4.78, 5) is 1.72. The SMILES string of the molecule is CCCN(CCC)c1ccc2cc(-c3ccc(/C=C(\C#N)S(=O)(=O)NC4C(O)O[C@H](CO)[C@@H](O)[C@@H]4O)n3C)ccc2c1. The molecule has 1 aliphatic rings. The van der Waals surface area contributed by atoms with Crippen LogP contribution >= 0.6 is 0 Å². The van der Waals surface area contributed by atoms with Crippen molar-refractivity contribution in [3.63, 3.8) is 0 Å². The van der Waals surface area contributed by atoms with E-state index in [-0.39, 0.29) is 0 Å². The third-order valence-electron chi connectivity index (χ3n) is 7.50. The molecule has 5 N–H and O–H groups in total. The van der Waals surface area contributed by atoms with Crippen molar-refractivity contribution >= 4 is 32.6 Å². The van der Waals surface area contributed by atoms with Crippen LogP contribution in [0, 0.1) is 11.3 Å². The molecule has 1 saturated heterocycles. The van der Waals surface area contributed by atoms with Gasteiger partial charge in [-0.1, -0.05) is 32.0 Å². The van der Waals surface area contributed by atoms with Crippen LogP contribution in [0.1, 0.15) is 32.4 Å². The molecule has 1 aliphatic heterocycles. The number of rotatable bonds is 11. The first-order valence-corrected chi connectivity index (χ1v) is 15.4. The first kappa shape index (κ1) is 31.7. The normalized spacial score (nSPS) is 23.2. The van der Waals surface area contributed by atoms with Crippen LogP contribution in [0.2, 0.25) is 0 Å². The van der Waals surface area contributed by atoms with Crippen molar-refractivity contribution in [1.82, 2.24) is 9.29 Å². The molecule has 2 unspecified atom stereocenters. The van der Waals surface area contributed by atoms with Crippen LogP contribution in [0.4, 0.5) is 5.69 Å². The van der Waals surface area contributed by atoms with Gasteiger partial charge in [0, 0.05) is 37.2 Å². The van der Waals surface area contributed by atoms with E-state index >= 15 is 0 Å². The van der Waals surface area contributed by atoms with E-state index in [1.165, 1.54) is 11.8 Å². The first-order valence-electron chi connectivity index (χ1n) is 13.9. The van der Waals surface area contributed by atoms with Crippen LogP contribution in [0.5, 0.6) is 0 Å². The van der Waals surface area contributed by atoms with E-state index in [4.69, 9.17) is 4.74 Å². The Kier molecular flexibility index (Phi) is 10.1. The zero-order chi connectivity index (χ0) is 30.6. The molecule has 42 heavy (non-hydrogen) atoms. The fourth-order valence-electron chi connectivity index (χ4n) is 5.23. The Morgan fingerprint density at radius 2 is 1.71 bits per heavy atom. The number of benzene rings is 2. The minimum Gasteiger partial charge on any atom is -0.394 e. The molecule has 5 atom stereocenters. The van der Waals surface area contributed by atoms with Gasteiger partial charge in [-0.05, 0) is 65.6 Å². The molecule has 1 aromatic heterocycles. The Hall–Kier alpha value is -3.28. The molecular formula is C30H38N4O7S. The smallest absolute Gasteiger partial charge is 0.251 e. The van der Waals surface area contributed by atoms with Gasteiger partial charge < -0.3 is 34.6 Å². The molecule has 11 nitrogen and oxygen atoms in total. The minimum absolute atomic E-state index is 0.429. The molecular weight excluding hydrogens is 560 g/mol. The third-order valence-corrected chi connectivity index (χ3v) is 8.87. The number of hydrogen-bond acceptors (Lipinski definition) is 9. The number of hydrogen-bond donors (Lipinski definition) is 5. The maximum absolute atomic E-state index is 13.1. The van der Waals surface area contributed by atoms with Crippen molar-refractivity contribution < 1.29 is 33.6 Å². The summed E-state index contributed by atoms with van der Waals surface area (Å²) in [6.07, 6.45) is -3.27. The van der Waals surface area contributed by atoms with Crippen molar-refractivity contribution in [3.05, 3.63) is 59.1 Å². The van der Waals surface area contributed by atoms with Gasteiger partial charge in [-0.25, -0.2) is 8.42 Å². The molecule has 12 heteroatoms. The second-order valence-corrected chi connectivity index (χ2v) is 12.1. The summed E-state index contributed by atoms with van der Waals surface area (Å²) in [7, 11) is -2.79. The van der Waals surface area contributed by atoms with Crippen molar-refractivity contribution in [1.29, 1.82) is 5.26 Å². The summed E-state index contributed by atoms with van der Waals surface area (Å²) in [6, 6.07) is 16.0. The summed E-state index contributed by atoms with van der Waals surface area (Å²) in [5.41, 5.74) is 3.33. The van der Waals surface area contributed by atoms with Crippen molar-refractivity contribution in [3.8, 4) is 17.3 Å². The predicted molar refractivity (Wildman–Crippen MR) is 161 cm³/mol. The fourth-order valence-corrected chi connectivity index (χ4v) is 6.37. The van der Waals surface area contributed by atoms with E-state index < -0.39 is 52.2 Å². The molecule has 0 amide bonds. The highest BCUT2D eigenvalue weighted by molar-refractivity contribution is 7.93. The van der Waals surface area contributed by atoms with Crippen LogP contribution in [0.3, 0.4) is 0 Å². The van der Waals surface area contributed by atoms with Crippen LogP contribution < -0.4 is 9.62 Å². The van der Waals surface area contributed by atoms with Gasteiger partial charge in [-0.2, -0.15) is 9.98 Å². The van der Waals surface area contributed by atoms with E-state index in [0.717, 1.165) is 48.0 Å². The summed E-state index contributed by atoms with van der Waals surface area (Å²) in [5.74, 6) is 0. The van der Waals surface area contributed by atoms with Crippen LogP contribution in [0.15, 0.2) is 53.4 Å². The highest BCUT2D eigenvalue weighted by atomic mass is 32.2. The third kappa shape index (κ3) is 6.53. The van der Waals surface area contributed by atoms with Gasteiger partial charge in [0.1, 0.15) is 30.4 Å². The minimum atomic E-state index is -4.55. The predicted octanol–water partition coefficient (Wildman–Crippen LogP) is 2.06. The van der Waals surface area contributed by atoms with Gasteiger partial charge in [0.05, 0.1) is 6.61 Å². The topological polar surface area (TPSA) is 168 Å². The highest BCUT2D eigenvalue weighted by Crippen LogP contribution is 2.30. The van der Waals surface area contributed by atoms with Crippen LogP contribution in [-0.4, -0.2) is 83.8 Å². The Labute approximate surface area is 245 Å². The number of ether oxygens (including phenoxy) is 1. The second kappa shape index (κ2) is 13.4.